The summed E-state index contributed by atoms with van der Waals surface area (Å²) in [6.07, 6.45) is 3.24. The zero-order valence-electron chi connectivity index (χ0n) is 18.4. The van der Waals surface area contributed by atoms with E-state index in [1.54, 1.807) is 12.1 Å². The Kier molecular flexibility index (Phi) is 6.16. The van der Waals surface area contributed by atoms with E-state index in [-0.39, 0.29) is 40.2 Å². The van der Waals surface area contributed by atoms with Crippen LogP contribution in [0, 0.1) is 11.7 Å². The third-order valence-corrected chi connectivity index (χ3v) is 5.47. The molecule has 1 fully saturated rings. The second-order valence-corrected chi connectivity index (χ2v) is 9.38. The molecule has 0 radical (unpaired) electrons. The first-order valence-electron chi connectivity index (χ1n) is 10.5. The number of amides is 2. The highest BCUT2D eigenvalue weighted by atomic mass is 35.5. The zero-order chi connectivity index (χ0) is 23.8. The lowest BCUT2D eigenvalue weighted by Gasteiger charge is -2.11. The van der Waals surface area contributed by atoms with E-state index < -0.39 is 11.7 Å². The van der Waals surface area contributed by atoms with Crippen molar-refractivity contribution in [1.29, 1.82) is 0 Å². The minimum atomic E-state index is -0.556. The predicted molar refractivity (Wildman–Crippen MR) is 120 cm³/mol. The van der Waals surface area contributed by atoms with E-state index >= 15 is 0 Å². The number of nitrogens with one attached hydrogen (secondary N) is 2. The standard InChI is InChI=1S/C23H23ClFN5O3/c1-23(2,3)22-29-19(30-33-22)21(32)27-11-14-8-17(25)15(10-16(14)24)13-6-7-26-18(9-13)28-20(31)12-4-5-12/h6-10,12H,4-5,11H2,1-3H3,(H,27,32)(H,26,28,31). The van der Waals surface area contributed by atoms with Crippen molar-refractivity contribution >= 4 is 29.2 Å². The molecule has 10 heteroatoms. The maximum Gasteiger partial charge on any atom is 0.292 e. The summed E-state index contributed by atoms with van der Waals surface area (Å²) in [5.74, 6) is -0.546. The smallest absolute Gasteiger partial charge is 0.292 e. The fraction of sp³-hybridized carbons (Fsp3) is 0.348. The van der Waals surface area contributed by atoms with Gasteiger partial charge in [-0.3, -0.25) is 9.59 Å². The van der Waals surface area contributed by atoms with Crippen molar-refractivity contribution in [3.63, 3.8) is 0 Å². The fourth-order valence-electron chi connectivity index (χ4n) is 3.06. The van der Waals surface area contributed by atoms with Gasteiger partial charge in [0.25, 0.3) is 11.7 Å². The summed E-state index contributed by atoms with van der Waals surface area (Å²) in [4.78, 5) is 32.5. The molecule has 0 bridgehead atoms. The molecular weight excluding hydrogens is 449 g/mol. The first kappa shape index (κ1) is 22.8. The van der Waals surface area contributed by atoms with Gasteiger partial charge in [-0.1, -0.05) is 37.5 Å². The van der Waals surface area contributed by atoms with E-state index in [1.807, 2.05) is 20.8 Å². The van der Waals surface area contributed by atoms with Gasteiger partial charge >= 0.3 is 0 Å². The van der Waals surface area contributed by atoms with Crippen LogP contribution in [0.1, 0.15) is 55.7 Å². The number of pyridine rings is 1. The Hall–Kier alpha value is -3.33. The molecule has 1 saturated carbocycles. The maximum atomic E-state index is 14.9. The van der Waals surface area contributed by atoms with Gasteiger partial charge in [0.1, 0.15) is 11.6 Å². The molecule has 0 atom stereocenters. The summed E-state index contributed by atoms with van der Waals surface area (Å²) in [5, 5.41) is 9.33. The Morgan fingerprint density at radius 1 is 1.24 bits per heavy atom. The van der Waals surface area contributed by atoms with Crippen molar-refractivity contribution in [3.8, 4) is 11.1 Å². The van der Waals surface area contributed by atoms with E-state index in [0.717, 1.165) is 12.8 Å². The minimum absolute atomic E-state index is 0.0205. The minimum Gasteiger partial charge on any atom is -0.345 e. The van der Waals surface area contributed by atoms with Gasteiger partial charge in [0.15, 0.2) is 0 Å². The Labute approximate surface area is 194 Å². The summed E-state index contributed by atoms with van der Waals surface area (Å²) in [6, 6.07) is 5.97. The summed E-state index contributed by atoms with van der Waals surface area (Å²) in [5.41, 5.74) is 0.781. The average molecular weight is 472 g/mol. The van der Waals surface area contributed by atoms with Gasteiger partial charge in [-0.25, -0.2) is 9.37 Å². The van der Waals surface area contributed by atoms with Crippen molar-refractivity contribution < 1.29 is 18.5 Å². The number of hydrogen-bond donors (Lipinski definition) is 2. The van der Waals surface area contributed by atoms with Gasteiger partial charge in [-0.2, -0.15) is 4.98 Å². The Bertz CT molecular complexity index is 1220. The number of benzene rings is 1. The highest BCUT2D eigenvalue weighted by Crippen LogP contribution is 2.32. The topological polar surface area (TPSA) is 110 Å². The second-order valence-electron chi connectivity index (χ2n) is 8.97. The fourth-order valence-corrected chi connectivity index (χ4v) is 3.29. The molecule has 2 aromatic heterocycles. The molecule has 1 aliphatic carbocycles. The van der Waals surface area contributed by atoms with Gasteiger partial charge in [-0.15, -0.1) is 0 Å². The predicted octanol–water partition coefficient (Wildman–Crippen LogP) is 4.50. The van der Waals surface area contributed by atoms with E-state index in [0.29, 0.717) is 22.8 Å². The molecule has 1 aliphatic rings. The normalized spacial score (nSPS) is 13.6. The monoisotopic (exact) mass is 471 g/mol. The molecule has 0 unspecified atom stereocenters. The average Bonchev–Trinajstić information content (AvgIpc) is 3.49. The van der Waals surface area contributed by atoms with Gasteiger partial charge in [0.2, 0.25) is 11.8 Å². The van der Waals surface area contributed by atoms with E-state index in [1.165, 1.54) is 18.3 Å². The number of halogens is 2. The molecule has 4 rings (SSSR count). The van der Waals surface area contributed by atoms with Crippen molar-refractivity contribution in [1.82, 2.24) is 20.4 Å². The molecule has 8 nitrogen and oxygen atoms in total. The Morgan fingerprint density at radius 2 is 2.00 bits per heavy atom. The molecule has 1 aromatic carbocycles. The summed E-state index contributed by atoms with van der Waals surface area (Å²) < 4.78 is 20.0. The third-order valence-electron chi connectivity index (χ3n) is 5.12. The van der Waals surface area contributed by atoms with Crippen LogP contribution in [0.5, 0.6) is 0 Å². The van der Waals surface area contributed by atoms with E-state index in [4.69, 9.17) is 16.1 Å². The van der Waals surface area contributed by atoms with Crippen LogP contribution < -0.4 is 10.6 Å². The summed E-state index contributed by atoms with van der Waals surface area (Å²) in [6.45, 7) is 5.64. The maximum absolute atomic E-state index is 14.9. The van der Waals surface area contributed by atoms with Crippen molar-refractivity contribution in [3.05, 3.63) is 58.6 Å². The second kappa shape index (κ2) is 8.90. The van der Waals surface area contributed by atoms with Crippen molar-refractivity contribution in [2.45, 2.75) is 45.6 Å². The van der Waals surface area contributed by atoms with Crippen LogP contribution in [0.3, 0.4) is 0 Å². The number of hydrogen-bond acceptors (Lipinski definition) is 6. The molecule has 172 valence electrons. The Morgan fingerprint density at radius 3 is 2.67 bits per heavy atom. The molecule has 3 aromatic rings. The van der Waals surface area contributed by atoms with Crippen molar-refractivity contribution in [2.24, 2.45) is 5.92 Å². The van der Waals surface area contributed by atoms with Crippen LogP contribution in [0.4, 0.5) is 10.2 Å². The molecule has 0 aliphatic heterocycles. The molecular formula is C23H23ClFN5O3. The van der Waals surface area contributed by atoms with Crippen molar-refractivity contribution in [2.75, 3.05) is 5.32 Å². The van der Waals surface area contributed by atoms with Crippen LogP contribution in [0.2, 0.25) is 5.02 Å². The molecule has 0 saturated heterocycles. The molecule has 2 amide bonds. The highest BCUT2D eigenvalue weighted by molar-refractivity contribution is 6.31. The number of anilines is 1. The lowest BCUT2D eigenvalue weighted by atomic mass is 9.97. The molecule has 2 heterocycles. The third kappa shape index (κ3) is 5.36. The number of aromatic nitrogens is 3. The van der Waals surface area contributed by atoms with Crippen LogP contribution in [-0.4, -0.2) is 26.9 Å². The van der Waals surface area contributed by atoms with Crippen LogP contribution in [0.15, 0.2) is 35.0 Å². The number of carbonyl (C=O) groups excluding carboxylic acids is 2. The highest BCUT2D eigenvalue weighted by Gasteiger charge is 2.30. The zero-order valence-corrected chi connectivity index (χ0v) is 19.2. The first-order valence-corrected chi connectivity index (χ1v) is 10.9. The van der Waals surface area contributed by atoms with Crippen LogP contribution in [0.25, 0.3) is 11.1 Å². The van der Waals surface area contributed by atoms with Gasteiger partial charge in [0, 0.05) is 34.7 Å². The summed E-state index contributed by atoms with van der Waals surface area (Å²) >= 11 is 6.37. The lowest BCUT2D eigenvalue weighted by molar-refractivity contribution is -0.117. The van der Waals surface area contributed by atoms with Crippen LogP contribution in [-0.2, 0) is 16.8 Å². The van der Waals surface area contributed by atoms with Gasteiger partial charge in [0.05, 0.1) is 0 Å². The number of rotatable bonds is 6. The van der Waals surface area contributed by atoms with Gasteiger partial charge in [-0.05, 0) is 48.2 Å². The molecule has 33 heavy (non-hydrogen) atoms. The Balaban J connectivity index is 1.46. The molecule has 0 spiro atoms. The van der Waals surface area contributed by atoms with Crippen LogP contribution >= 0.6 is 11.6 Å². The SMILES string of the molecule is CC(C)(C)c1nc(C(=O)NCc2cc(F)c(-c3ccnc(NC(=O)C4CC4)c3)cc2Cl)no1. The summed E-state index contributed by atoms with van der Waals surface area (Å²) in [7, 11) is 0. The van der Waals surface area contributed by atoms with E-state index in [9.17, 15) is 14.0 Å². The van der Waals surface area contributed by atoms with Gasteiger partial charge < -0.3 is 15.2 Å². The number of carbonyl (C=O) groups is 2. The molecule has 2 N–H and O–H groups in total. The number of nitrogens with zero attached hydrogens (tertiary/aromatic N) is 3. The lowest BCUT2D eigenvalue weighted by Crippen LogP contribution is -2.24. The quantitative estimate of drug-likeness (QED) is 0.547. The van der Waals surface area contributed by atoms with E-state index in [2.05, 4.69) is 25.8 Å². The first-order chi connectivity index (χ1) is 15.6. The largest absolute Gasteiger partial charge is 0.345 e.